The molecule has 1 aromatic carbocycles. The van der Waals surface area contributed by atoms with Crippen LogP contribution in [0.3, 0.4) is 0 Å². The van der Waals surface area contributed by atoms with Crippen LogP contribution in [-0.4, -0.2) is 27.7 Å². The van der Waals surface area contributed by atoms with Gasteiger partial charge < -0.3 is 16.2 Å². The zero-order chi connectivity index (χ0) is 17.3. The molecule has 3 atom stereocenters. The zero-order valence-electron chi connectivity index (χ0n) is 12.9. The van der Waals surface area contributed by atoms with Gasteiger partial charge in [0, 0.05) is 30.3 Å². The average Bonchev–Trinajstić information content (AvgIpc) is 2.89. The van der Waals surface area contributed by atoms with E-state index >= 15 is 0 Å². The van der Waals surface area contributed by atoms with Crippen molar-refractivity contribution in [2.45, 2.75) is 25.0 Å². The summed E-state index contributed by atoms with van der Waals surface area (Å²) in [5.41, 5.74) is 5.82. The molecule has 0 saturated heterocycles. The van der Waals surface area contributed by atoms with Crippen molar-refractivity contribution in [1.29, 1.82) is 0 Å². The first kappa shape index (κ1) is 16.4. The molecule has 1 aliphatic rings. The molecule has 7 heteroatoms. The zero-order valence-corrected chi connectivity index (χ0v) is 12.9. The minimum atomic E-state index is -0.710. The van der Waals surface area contributed by atoms with Crippen LogP contribution in [0, 0.1) is 11.7 Å². The Balaban J connectivity index is 1.77. The molecule has 0 spiro atoms. The highest BCUT2D eigenvalue weighted by molar-refractivity contribution is 5.93. The third-order valence-electron chi connectivity index (χ3n) is 4.26. The number of carbonyl (C=O) groups excluding carboxylic acids is 1. The highest BCUT2D eigenvalue weighted by Crippen LogP contribution is 2.27. The number of benzene rings is 1. The molecule has 0 aliphatic heterocycles. The molecule has 24 heavy (non-hydrogen) atoms. The Kier molecular flexibility index (Phi) is 4.46. The Hall–Kier alpha value is -2.51. The summed E-state index contributed by atoms with van der Waals surface area (Å²) >= 11 is 0. The number of amides is 1. The fraction of sp³-hybridized carbons (Fsp3) is 0.294. The van der Waals surface area contributed by atoms with Crippen molar-refractivity contribution in [1.82, 2.24) is 4.57 Å². The lowest BCUT2D eigenvalue weighted by Gasteiger charge is -2.12. The molecule has 4 N–H and O–H groups in total. The van der Waals surface area contributed by atoms with Gasteiger partial charge in [0.15, 0.2) is 0 Å². The van der Waals surface area contributed by atoms with Crippen LogP contribution in [0.1, 0.15) is 12.8 Å². The first-order valence-corrected chi connectivity index (χ1v) is 7.68. The minimum absolute atomic E-state index is 0.0303. The minimum Gasteiger partial charge on any atom is -0.391 e. The molecular formula is C17H18FN3O3. The smallest absolute Gasteiger partial charge is 0.255 e. The van der Waals surface area contributed by atoms with E-state index in [0.29, 0.717) is 12.1 Å². The topological polar surface area (TPSA) is 97.4 Å². The predicted molar refractivity (Wildman–Crippen MR) is 87.3 cm³/mol. The number of nitrogens with zero attached hydrogens (tertiary/aromatic N) is 1. The Morgan fingerprint density at radius 1 is 1.29 bits per heavy atom. The van der Waals surface area contributed by atoms with E-state index in [4.69, 9.17) is 5.73 Å². The van der Waals surface area contributed by atoms with Crippen LogP contribution in [-0.2, 0) is 4.79 Å². The molecule has 6 nitrogen and oxygen atoms in total. The van der Waals surface area contributed by atoms with Crippen molar-refractivity contribution in [3.05, 3.63) is 58.8 Å². The van der Waals surface area contributed by atoms with E-state index in [2.05, 4.69) is 5.32 Å². The third kappa shape index (κ3) is 3.22. The maximum Gasteiger partial charge on any atom is 0.255 e. The largest absolute Gasteiger partial charge is 0.391 e. The third-order valence-corrected chi connectivity index (χ3v) is 4.26. The molecule has 1 aromatic heterocycles. The molecule has 3 rings (SSSR count). The van der Waals surface area contributed by atoms with Gasteiger partial charge >= 0.3 is 0 Å². The number of pyridine rings is 1. The van der Waals surface area contributed by atoms with Crippen molar-refractivity contribution in [2.75, 3.05) is 5.32 Å². The molecule has 1 heterocycles. The van der Waals surface area contributed by atoms with Crippen LogP contribution in [0.2, 0.25) is 0 Å². The van der Waals surface area contributed by atoms with Gasteiger partial charge in [0.05, 0.1) is 17.5 Å². The van der Waals surface area contributed by atoms with Crippen LogP contribution >= 0.6 is 0 Å². The lowest BCUT2D eigenvalue weighted by atomic mass is 10.1. The molecule has 1 amide bonds. The van der Waals surface area contributed by atoms with Gasteiger partial charge in [-0.1, -0.05) is 6.07 Å². The van der Waals surface area contributed by atoms with Crippen molar-refractivity contribution < 1.29 is 14.3 Å². The number of aromatic nitrogens is 1. The van der Waals surface area contributed by atoms with E-state index < -0.39 is 23.9 Å². The van der Waals surface area contributed by atoms with E-state index in [1.165, 1.54) is 29.0 Å². The van der Waals surface area contributed by atoms with E-state index in [1.807, 2.05) is 0 Å². The van der Waals surface area contributed by atoms with Crippen LogP contribution in [0.25, 0.3) is 5.69 Å². The van der Waals surface area contributed by atoms with Crippen molar-refractivity contribution in [3.8, 4) is 5.69 Å². The Labute approximate surface area is 137 Å². The number of carbonyl (C=O) groups is 1. The van der Waals surface area contributed by atoms with E-state index in [9.17, 15) is 19.1 Å². The number of rotatable bonds is 3. The summed E-state index contributed by atoms with van der Waals surface area (Å²) < 4.78 is 15.6. The first-order valence-electron chi connectivity index (χ1n) is 7.68. The van der Waals surface area contributed by atoms with Gasteiger partial charge in [0.2, 0.25) is 5.91 Å². The van der Waals surface area contributed by atoms with E-state index in [0.717, 1.165) is 0 Å². The summed E-state index contributed by atoms with van der Waals surface area (Å²) in [4.78, 5) is 23.9. The number of aliphatic hydroxyl groups excluding tert-OH is 1. The summed E-state index contributed by atoms with van der Waals surface area (Å²) in [6.45, 7) is 0. The van der Waals surface area contributed by atoms with Crippen molar-refractivity contribution >= 4 is 11.6 Å². The molecule has 126 valence electrons. The van der Waals surface area contributed by atoms with Crippen LogP contribution < -0.4 is 16.6 Å². The summed E-state index contributed by atoms with van der Waals surface area (Å²) in [6.07, 6.45) is 1.47. The monoisotopic (exact) mass is 331 g/mol. The van der Waals surface area contributed by atoms with Gasteiger partial charge in [-0.05, 0) is 31.0 Å². The van der Waals surface area contributed by atoms with E-state index in [-0.39, 0.29) is 23.6 Å². The Morgan fingerprint density at radius 3 is 2.71 bits per heavy atom. The number of aliphatic hydroxyl groups is 1. The van der Waals surface area contributed by atoms with Crippen molar-refractivity contribution in [2.24, 2.45) is 11.7 Å². The fourth-order valence-corrected chi connectivity index (χ4v) is 2.89. The number of halogens is 1. The second-order valence-corrected chi connectivity index (χ2v) is 5.96. The van der Waals surface area contributed by atoms with Gasteiger partial charge in [0.25, 0.3) is 5.56 Å². The maximum absolute atomic E-state index is 14.3. The van der Waals surface area contributed by atoms with Gasteiger partial charge in [-0.3, -0.25) is 14.2 Å². The maximum atomic E-state index is 14.3. The van der Waals surface area contributed by atoms with Crippen LogP contribution in [0.4, 0.5) is 10.1 Å². The second-order valence-electron chi connectivity index (χ2n) is 5.96. The van der Waals surface area contributed by atoms with Gasteiger partial charge in [-0.15, -0.1) is 0 Å². The molecule has 1 saturated carbocycles. The van der Waals surface area contributed by atoms with Gasteiger partial charge in [-0.2, -0.15) is 0 Å². The summed E-state index contributed by atoms with van der Waals surface area (Å²) in [5.74, 6) is -1.45. The number of nitrogens with two attached hydrogens (primary N) is 1. The number of nitrogens with one attached hydrogen (secondary N) is 1. The number of hydrogen-bond acceptors (Lipinski definition) is 4. The molecule has 2 aromatic rings. The lowest BCUT2D eigenvalue weighted by Crippen LogP contribution is -2.28. The molecule has 0 bridgehead atoms. The fourth-order valence-electron chi connectivity index (χ4n) is 2.89. The van der Waals surface area contributed by atoms with Crippen LogP contribution in [0.15, 0.2) is 47.4 Å². The van der Waals surface area contributed by atoms with Gasteiger partial charge in [0.1, 0.15) is 5.82 Å². The Morgan fingerprint density at radius 2 is 2.08 bits per heavy atom. The SMILES string of the molecule is N[C@H]1C[C@@H](C(=O)Nc2ccc(-n3ccccc3=O)cc2F)C[C@@H]1O. The quantitative estimate of drug-likeness (QED) is 0.782. The highest BCUT2D eigenvalue weighted by atomic mass is 19.1. The second kappa shape index (κ2) is 6.54. The van der Waals surface area contributed by atoms with Crippen molar-refractivity contribution in [3.63, 3.8) is 0 Å². The summed E-state index contributed by atoms with van der Waals surface area (Å²) in [7, 11) is 0. The first-order chi connectivity index (χ1) is 11.5. The summed E-state index contributed by atoms with van der Waals surface area (Å²) in [5, 5.41) is 12.1. The van der Waals surface area contributed by atoms with E-state index in [1.54, 1.807) is 18.2 Å². The standard InChI is InChI=1S/C17H18FN3O3/c18-12-9-11(21-6-2-1-3-16(21)23)4-5-14(12)20-17(24)10-7-13(19)15(22)8-10/h1-6,9-10,13,15,22H,7-8,19H2,(H,20,24)/t10-,13+,15+/m1/s1. The lowest BCUT2D eigenvalue weighted by molar-refractivity contribution is -0.119. The average molecular weight is 331 g/mol. The number of hydrogen-bond donors (Lipinski definition) is 3. The molecule has 0 radical (unpaired) electrons. The predicted octanol–water partition coefficient (Wildman–Crippen LogP) is 1.01. The molecule has 1 fully saturated rings. The highest BCUT2D eigenvalue weighted by Gasteiger charge is 2.34. The summed E-state index contributed by atoms with van der Waals surface area (Å²) in [6, 6.07) is 8.36. The normalized spacial score (nSPS) is 23.2. The Bertz CT molecular complexity index is 811. The molecule has 0 unspecified atom stereocenters. The molecule has 1 aliphatic carbocycles. The van der Waals surface area contributed by atoms with Gasteiger partial charge in [-0.25, -0.2) is 4.39 Å². The van der Waals surface area contributed by atoms with Crippen LogP contribution in [0.5, 0.6) is 0 Å². The number of anilines is 1. The molecular weight excluding hydrogens is 313 g/mol.